The maximum atomic E-state index is 13.4. The van der Waals surface area contributed by atoms with Crippen molar-refractivity contribution in [2.24, 2.45) is 5.92 Å². The third kappa shape index (κ3) is 5.25. The standard InChI is InChI=1S/C22H36N2O6/c1-14-7-9-15(10-8-14)24(19(25)18-6-5-11-29-18)16-12-17(20(26)27)23(13-16)21(28)30-22(2,3)4/h14-18H,5-13H2,1-4H3,(H,26,27)/t14?,15?,16?,17-,18-/m0/s1. The van der Waals surface area contributed by atoms with Crippen molar-refractivity contribution in [1.29, 1.82) is 0 Å². The molecule has 2 heterocycles. The number of carboxylic acid groups (broad SMARTS) is 1. The summed E-state index contributed by atoms with van der Waals surface area (Å²) in [6.07, 6.45) is 4.58. The van der Waals surface area contributed by atoms with Crippen molar-refractivity contribution in [3.05, 3.63) is 0 Å². The highest BCUT2D eigenvalue weighted by Gasteiger charge is 2.47. The molecule has 3 atom stereocenters. The van der Waals surface area contributed by atoms with Crippen LogP contribution in [0.15, 0.2) is 0 Å². The van der Waals surface area contributed by atoms with Gasteiger partial charge in [0, 0.05) is 25.6 Å². The first-order chi connectivity index (χ1) is 14.1. The van der Waals surface area contributed by atoms with Crippen LogP contribution in [0.1, 0.15) is 72.6 Å². The van der Waals surface area contributed by atoms with Crippen LogP contribution in [0.5, 0.6) is 0 Å². The third-order valence-corrected chi connectivity index (χ3v) is 6.42. The van der Waals surface area contributed by atoms with E-state index in [0.717, 1.165) is 32.1 Å². The van der Waals surface area contributed by atoms with E-state index in [1.165, 1.54) is 4.90 Å². The zero-order valence-electron chi connectivity index (χ0n) is 18.6. The Labute approximate surface area is 178 Å². The summed E-state index contributed by atoms with van der Waals surface area (Å²) in [4.78, 5) is 41.2. The summed E-state index contributed by atoms with van der Waals surface area (Å²) in [6.45, 7) is 8.25. The molecule has 1 aliphatic carbocycles. The van der Waals surface area contributed by atoms with E-state index >= 15 is 0 Å². The van der Waals surface area contributed by atoms with Gasteiger partial charge in [0.05, 0.1) is 6.04 Å². The normalized spacial score (nSPS) is 32.1. The van der Waals surface area contributed by atoms with Gasteiger partial charge < -0.3 is 19.5 Å². The van der Waals surface area contributed by atoms with E-state index in [1.807, 2.05) is 4.90 Å². The number of amides is 2. The Hall–Kier alpha value is -1.83. The minimum absolute atomic E-state index is 0.0489. The van der Waals surface area contributed by atoms with Gasteiger partial charge >= 0.3 is 12.1 Å². The van der Waals surface area contributed by atoms with Gasteiger partial charge in [-0.05, 0) is 65.2 Å². The fourth-order valence-electron chi connectivity index (χ4n) is 4.89. The van der Waals surface area contributed by atoms with E-state index in [2.05, 4.69) is 6.92 Å². The number of hydrogen-bond donors (Lipinski definition) is 1. The quantitative estimate of drug-likeness (QED) is 0.745. The van der Waals surface area contributed by atoms with Crippen LogP contribution < -0.4 is 0 Å². The summed E-state index contributed by atoms with van der Waals surface area (Å²) in [5.41, 5.74) is -0.717. The molecule has 1 unspecified atom stereocenters. The molecule has 2 amide bonds. The van der Waals surface area contributed by atoms with Crippen LogP contribution in [-0.4, -0.2) is 75.9 Å². The Morgan fingerprint density at radius 2 is 1.73 bits per heavy atom. The van der Waals surface area contributed by atoms with Gasteiger partial charge in [-0.15, -0.1) is 0 Å². The number of carboxylic acids is 1. The molecule has 30 heavy (non-hydrogen) atoms. The molecule has 8 heteroatoms. The van der Waals surface area contributed by atoms with Crippen molar-refractivity contribution < 1.29 is 29.0 Å². The van der Waals surface area contributed by atoms with Crippen LogP contribution in [0.3, 0.4) is 0 Å². The summed E-state index contributed by atoms with van der Waals surface area (Å²) < 4.78 is 11.1. The van der Waals surface area contributed by atoms with E-state index in [0.29, 0.717) is 18.9 Å². The van der Waals surface area contributed by atoms with Crippen molar-refractivity contribution in [1.82, 2.24) is 9.80 Å². The number of rotatable bonds is 4. The molecule has 1 N–H and O–H groups in total. The topological polar surface area (TPSA) is 96.4 Å². The first-order valence-corrected chi connectivity index (χ1v) is 11.2. The van der Waals surface area contributed by atoms with Gasteiger partial charge in [0.2, 0.25) is 0 Å². The summed E-state index contributed by atoms with van der Waals surface area (Å²) in [5, 5.41) is 9.75. The van der Waals surface area contributed by atoms with Gasteiger partial charge in [-0.1, -0.05) is 6.92 Å². The molecule has 170 valence electrons. The molecule has 0 spiro atoms. The highest BCUT2D eigenvalue weighted by molar-refractivity contribution is 5.84. The Morgan fingerprint density at radius 3 is 2.27 bits per heavy atom. The molecule has 3 rings (SSSR count). The van der Waals surface area contributed by atoms with Crippen molar-refractivity contribution in [3.8, 4) is 0 Å². The largest absolute Gasteiger partial charge is 0.480 e. The molecule has 0 bridgehead atoms. The molecule has 0 aromatic carbocycles. The minimum atomic E-state index is -1.06. The fraction of sp³-hybridized carbons (Fsp3) is 0.864. The van der Waals surface area contributed by atoms with Crippen LogP contribution in [0.2, 0.25) is 0 Å². The highest BCUT2D eigenvalue weighted by atomic mass is 16.6. The summed E-state index contributed by atoms with van der Waals surface area (Å²) in [6, 6.07) is -1.27. The van der Waals surface area contributed by atoms with E-state index in [1.54, 1.807) is 20.8 Å². The molecule has 8 nitrogen and oxygen atoms in total. The lowest BCUT2D eigenvalue weighted by Crippen LogP contribution is -2.53. The number of nitrogens with zero attached hydrogens (tertiary/aromatic N) is 2. The number of ether oxygens (including phenoxy) is 2. The molecule has 1 saturated carbocycles. The van der Waals surface area contributed by atoms with Gasteiger partial charge in [-0.3, -0.25) is 9.69 Å². The molecule has 0 aromatic rings. The highest BCUT2D eigenvalue weighted by Crippen LogP contribution is 2.34. The molecule has 0 radical (unpaired) electrons. The summed E-state index contributed by atoms with van der Waals surface area (Å²) >= 11 is 0. The minimum Gasteiger partial charge on any atom is -0.480 e. The second kappa shape index (κ2) is 9.12. The van der Waals surface area contributed by atoms with E-state index in [4.69, 9.17) is 9.47 Å². The molecular formula is C22H36N2O6. The maximum Gasteiger partial charge on any atom is 0.411 e. The van der Waals surface area contributed by atoms with Gasteiger partial charge in [-0.25, -0.2) is 9.59 Å². The Kier molecular flexibility index (Phi) is 6.95. The predicted octanol–water partition coefficient (Wildman–Crippen LogP) is 3.04. The van der Waals surface area contributed by atoms with Crippen molar-refractivity contribution in [3.63, 3.8) is 0 Å². The summed E-state index contributed by atoms with van der Waals surface area (Å²) in [7, 11) is 0. The number of carbonyl (C=O) groups excluding carboxylic acids is 2. The SMILES string of the molecule is CC1CCC(N(C(=O)[C@@H]2CCCO2)C2C[C@@H](C(=O)O)N(C(=O)OC(C)(C)C)C2)CC1. The Balaban J connectivity index is 1.82. The number of hydrogen-bond acceptors (Lipinski definition) is 5. The smallest absolute Gasteiger partial charge is 0.411 e. The first-order valence-electron chi connectivity index (χ1n) is 11.2. The van der Waals surface area contributed by atoms with Gasteiger partial charge in [0.15, 0.2) is 0 Å². The van der Waals surface area contributed by atoms with Crippen molar-refractivity contribution in [2.75, 3.05) is 13.2 Å². The second-order valence-electron chi connectivity index (χ2n) is 10.0. The van der Waals surface area contributed by atoms with Crippen LogP contribution >= 0.6 is 0 Å². The Bertz CT molecular complexity index is 647. The fourth-order valence-corrected chi connectivity index (χ4v) is 4.89. The third-order valence-electron chi connectivity index (χ3n) is 6.42. The van der Waals surface area contributed by atoms with Gasteiger partial charge in [0.1, 0.15) is 17.7 Å². The maximum absolute atomic E-state index is 13.4. The lowest BCUT2D eigenvalue weighted by Gasteiger charge is -2.41. The average molecular weight is 425 g/mol. The van der Waals surface area contributed by atoms with Gasteiger partial charge in [0.25, 0.3) is 5.91 Å². The van der Waals surface area contributed by atoms with Crippen LogP contribution in [-0.2, 0) is 19.1 Å². The summed E-state index contributed by atoms with van der Waals surface area (Å²) in [5.74, 6) is -0.480. The number of aliphatic carboxylic acids is 1. The monoisotopic (exact) mass is 424 g/mol. The Morgan fingerprint density at radius 1 is 1.07 bits per heavy atom. The second-order valence-corrected chi connectivity index (χ2v) is 10.0. The zero-order valence-corrected chi connectivity index (χ0v) is 18.6. The lowest BCUT2D eigenvalue weighted by atomic mass is 9.85. The molecule has 3 aliphatic rings. The van der Waals surface area contributed by atoms with Gasteiger partial charge in [-0.2, -0.15) is 0 Å². The van der Waals surface area contributed by atoms with E-state index < -0.39 is 29.8 Å². The van der Waals surface area contributed by atoms with Crippen LogP contribution in [0.25, 0.3) is 0 Å². The van der Waals surface area contributed by atoms with Crippen LogP contribution in [0.4, 0.5) is 4.79 Å². The lowest BCUT2D eigenvalue weighted by molar-refractivity contribution is -0.147. The molecule has 2 saturated heterocycles. The van der Waals surface area contributed by atoms with E-state index in [9.17, 15) is 19.5 Å². The predicted molar refractivity (Wildman–Crippen MR) is 110 cm³/mol. The van der Waals surface area contributed by atoms with Crippen LogP contribution in [0, 0.1) is 5.92 Å². The number of likely N-dealkylation sites (tertiary alicyclic amines) is 1. The molecule has 2 aliphatic heterocycles. The molecule has 0 aromatic heterocycles. The molecular weight excluding hydrogens is 388 g/mol. The number of carbonyl (C=O) groups is 3. The van der Waals surface area contributed by atoms with Crippen molar-refractivity contribution in [2.45, 2.75) is 102 Å². The van der Waals surface area contributed by atoms with E-state index in [-0.39, 0.29) is 31.0 Å². The first kappa shape index (κ1) is 22.8. The zero-order chi connectivity index (χ0) is 22.1. The van der Waals surface area contributed by atoms with Crippen molar-refractivity contribution >= 4 is 18.0 Å². The average Bonchev–Trinajstić information content (AvgIpc) is 3.32. The molecule has 3 fully saturated rings.